The van der Waals surface area contributed by atoms with Crippen molar-refractivity contribution in [1.82, 2.24) is 14.9 Å². The number of nitrogens with two attached hydrogens (primary N) is 1. The van der Waals surface area contributed by atoms with Crippen LogP contribution < -0.4 is 11.1 Å². The number of aliphatic imine (C=N–C) groups is 1. The van der Waals surface area contributed by atoms with Gasteiger partial charge in [0.25, 0.3) is 0 Å². The number of hydrogen-bond donors (Lipinski definition) is 2. The van der Waals surface area contributed by atoms with Crippen LogP contribution in [0.15, 0.2) is 34.9 Å². The van der Waals surface area contributed by atoms with Gasteiger partial charge in [0, 0.05) is 30.4 Å². The monoisotopic (exact) mass is 433 g/mol. The van der Waals surface area contributed by atoms with Gasteiger partial charge in [0.05, 0.1) is 0 Å². The van der Waals surface area contributed by atoms with E-state index in [-0.39, 0.29) is 24.0 Å². The zero-order chi connectivity index (χ0) is 15.1. The van der Waals surface area contributed by atoms with Gasteiger partial charge in [0.2, 0.25) is 0 Å². The summed E-state index contributed by atoms with van der Waals surface area (Å²) in [5.41, 5.74) is 5.89. The highest BCUT2D eigenvalue weighted by atomic mass is 127. The Balaban J connectivity index is 0.00000242. The first-order chi connectivity index (χ1) is 10.1. The van der Waals surface area contributed by atoms with Crippen molar-refractivity contribution in [3.05, 3.63) is 40.6 Å². The molecule has 0 atom stereocenters. The van der Waals surface area contributed by atoms with Gasteiger partial charge in [-0.25, -0.2) is 9.98 Å². The quantitative estimate of drug-likeness (QED) is 0.401. The normalized spacial score (nSPS) is 11.5. The first kappa shape index (κ1) is 19.0. The maximum Gasteiger partial charge on any atom is 0.189 e. The summed E-state index contributed by atoms with van der Waals surface area (Å²) in [7, 11) is 0. The number of guanidine groups is 1. The second-order valence-corrected chi connectivity index (χ2v) is 6.38. The summed E-state index contributed by atoms with van der Waals surface area (Å²) < 4.78 is 2.13. The van der Waals surface area contributed by atoms with E-state index in [1.807, 2.05) is 12.4 Å². The summed E-state index contributed by atoms with van der Waals surface area (Å²) in [6.45, 7) is 6.64. The number of hydrogen-bond acceptors (Lipinski definition) is 3. The highest BCUT2D eigenvalue weighted by Crippen LogP contribution is 2.08. The second kappa shape index (κ2) is 9.83. The lowest BCUT2D eigenvalue weighted by Gasteiger charge is -2.09. The van der Waals surface area contributed by atoms with E-state index in [2.05, 4.69) is 51.2 Å². The molecule has 3 N–H and O–H groups in total. The van der Waals surface area contributed by atoms with Crippen molar-refractivity contribution in [2.24, 2.45) is 16.6 Å². The van der Waals surface area contributed by atoms with Gasteiger partial charge in [-0.1, -0.05) is 19.9 Å². The molecule has 0 saturated heterocycles. The van der Waals surface area contributed by atoms with Crippen molar-refractivity contribution < 1.29 is 0 Å². The van der Waals surface area contributed by atoms with Crippen molar-refractivity contribution in [2.75, 3.05) is 6.54 Å². The Kier molecular flexibility index (Phi) is 8.47. The van der Waals surface area contributed by atoms with Gasteiger partial charge in [0.15, 0.2) is 5.96 Å². The molecule has 2 aromatic rings. The summed E-state index contributed by atoms with van der Waals surface area (Å²) in [5, 5.41) is 5.23. The van der Waals surface area contributed by atoms with E-state index in [1.165, 1.54) is 4.88 Å². The van der Waals surface area contributed by atoms with E-state index < -0.39 is 0 Å². The summed E-state index contributed by atoms with van der Waals surface area (Å²) in [4.78, 5) is 10.0. The molecule has 5 nitrogen and oxygen atoms in total. The van der Waals surface area contributed by atoms with E-state index in [1.54, 1.807) is 11.3 Å². The fourth-order valence-electron chi connectivity index (χ4n) is 2.03. The molecule has 2 heterocycles. The third-order valence-electron chi connectivity index (χ3n) is 3.01. The molecule has 0 aromatic carbocycles. The summed E-state index contributed by atoms with van der Waals surface area (Å²) >= 11 is 1.76. The lowest BCUT2D eigenvalue weighted by Crippen LogP contribution is -2.33. The van der Waals surface area contributed by atoms with E-state index in [0.717, 1.165) is 25.3 Å². The number of nitrogens with zero attached hydrogens (tertiary/aromatic N) is 3. The summed E-state index contributed by atoms with van der Waals surface area (Å²) in [6, 6.07) is 4.19. The van der Waals surface area contributed by atoms with Crippen molar-refractivity contribution in [3.8, 4) is 0 Å². The number of aromatic nitrogens is 2. The average Bonchev–Trinajstić information content (AvgIpc) is 3.07. The highest BCUT2D eigenvalue weighted by Gasteiger charge is 2.04. The first-order valence-corrected chi connectivity index (χ1v) is 8.09. The van der Waals surface area contributed by atoms with Crippen LogP contribution in [0.25, 0.3) is 0 Å². The van der Waals surface area contributed by atoms with Gasteiger partial charge in [-0.3, -0.25) is 0 Å². The third-order valence-corrected chi connectivity index (χ3v) is 3.95. The van der Waals surface area contributed by atoms with E-state index in [0.29, 0.717) is 18.4 Å². The zero-order valence-corrected chi connectivity index (χ0v) is 16.2. The Morgan fingerprint density at radius 2 is 2.32 bits per heavy atom. The second-order valence-electron chi connectivity index (χ2n) is 5.35. The van der Waals surface area contributed by atoms with Crippen molar-refractivity contribution in [3.63, 3.8) is 0 Å². The molecule has 0 saturated carbocycles. The molecule has 0 aliphatic rings. The number of rotatable bonds is 7. The number of halogens is 1. The molecule has 0 radical (unpaired) electrons. The summed E-state index contributed by atoms with van der Waals surface area (Å²) in [6.07, 6.45) is 4.77. The lowest BCUT2D eigenvalue weighted by atomic mass is 10.2. The minimum atomic E-state index is 0. The van der Waals surface area contributed by atoms with Gasteiger partial charge < -0.3 is 15.6 Å². The predicted molar refractivity (Wildman–Crippen MR) is 104 cm³/mol. The van der Waals surface area contributed by atoms with Crippen LogP contribution in [0.5, 0.6) is 0 Å². The van der Waals surface area contributed by atoms with Crippen molar-refractivity contribution >= 4 is 41.3 Å². The molecule has 22 heavy (non-hydrogen) atoms. The van der Waals surface area contributed by atoms with Crippen LogP contribution in [0.3, 0.4) is 0 Å². The molecule has 0 fully saturated rings. The van der Waals surface area contributed by atoms with Gasteiger partial charge >= 0.3 is 0 Å². The van der Waals surface area contributed by atoms with Crippen LogP contribution in [0.1, 0.15) is 24.5 Å². The van der Waals surface area contributed by atoms with Gasteiger partial charge in [-0.05, 0) is 23.8 Å². The summed E-state index contributed by atoms with van der Waals surface area (Å²) in [5.74, 6) is 2.01. The number of thiophene rings is 1. The standard InChI is InChI=1S/C15H23N5S.HI/c1-12(2)11-20-8-7-17-14(20)10-19-15(16)18-6-5-13-4-3-9-21-13;/h3-4,7-9,12H,5-6,10-11H2,1-2H3,(H3,16,18,19);1H. The molecule has 2 rings (SSSR count). The lowest BCUT2D eigenvalue weighted by molar-refractivity contribution is 0.507. The van der Waals surface area contributed by atoms with E-state index in [4.69, 9.17) is 5.73 Å². The van der Waals surface area contributed by atoms with Gasteiger partial charge in [-0.2, -0.15) is 0 Å². The van der Waals surface area contributed by atoms with Crippen molar-refractivity contribution in [1.29, 1.82) is 0 Å². The number of nitrogens with one attached hydrogen (secondary N) is 1. The predicted octanol–water partition coefficient (Wildman–Crippen LogP) is 2.87. The average molecular weight is 433 g/mol. The van der Waals surface area contributed by atoms with Crippen LogP contribution in [-0.4, -0.2) is 22.1 Å². The zero-order valence-electron chi connectivity index (χ0n) is 13.0. The molecule has 0 unspecified atom stereocenters. The fourth-order valence-corrected chi connectivity index (χ4v) is 2.74. The van der Waals surface area contributed by atoms with Gasteiger partial charge in [-0.15, -0.1) is 35.3 Å². The molecule has 0 bridgehead atoms. The maximum atomic E-state index is 5.89. The van der Waals surface area contributed by atoms with Crippen LogP contribution >= 0.6 is 35.3 Å². The van der Waals surface area contributed by atoms with Crippen LogP contribution in [0.4, 0.5) is 0 Å². The van der Waals surface area contributed by atoms with Crippen LogP contribution in [0.2, 0.25) is 0 Å². The minimum Gasteiger partial charge on any atom is -0.370 e. The molecule has 7 heteroatoms. The Morgan fingerprint density at radius 3 is 3.00 bits per heavy atom. The largest absolute Gasteiger partial charge is 0.370 e. The molecule has 0 amide bonds. The SMILES string of the molecule is CC(C)Cn1ccnc1CN=C(N)NCCc1cccs1.I. The van der Waals surface area contributed by atoms with E-state index in [9.17, 15) is 0 Å². The smallest absolute Gasteiger partial charge is 0.189 e. The highest BCUT2D eigenvalue weighted by molar-refractivity contribution is 14.0. The van der Waals surface area contributed by atoms with Gasteiger partial charge in [0.1, 0.15) is 12.4 Å². The number of imidazole rings is 1. The van der Waals surface area contributed by atoms with Crippen LogP contribution in [0, 0.1) is 5.92 Å². The Morgan fingerprint density at radius 1 is 1.50 bits per heavy atom. The molecule has 0 aliphatic carbocycles. The molecule has 0 spiro atoms. The first-order valence-electron chi connectivity index (χ1n) is 7.21. The molecular formula is C15H24IN5S. The Labute approximate surface area is 153 Å². The fraction of sp³-hybridized carbons (Fsp3) is 0.467. The molecular weight excluding hydrogens is 409 g/mol. The molecule has 2 aromatic heterocycles. The molecule has 0 aliphatic heterocycles. The minimum absolute atomic E-state index is 0. The topological polar surface area (TPSA) is 68.2 Å². The van der Waals surface area contributed by atoms with Crippen LogP contribution in [-0.2, 0) is 19.5 Å². The van der Waals surface area contributed by atoms with E-state index >= 15 is 0 Å². The maximum absolute atomic E-state index is 5.89. The Bertz CT molecular complexity index is 562. The molecule has 122 valence electrons. The third kappa shape index (κ3) is 6.35. The van der Waals surface area contributed by atoms with Crippen molar-refractivity contribution in [2.45, 2.75) is 33.4 Å². The Hall–Kier alpha value is -1.09.